The van der Waals surface area contributed by atoms with E-state index in [-0.39, 0.29) is 5.97 Å². The Kier molecular flexibility index (Phi) is 8.36. The average Bonchev–Trinajstić information content (AvgIpc) is 2.74. The van der Waals surface area contributed by atoms with Crippen LogP contribution in [0.15, 0.2) is 60.2 Å². The molecule has 0 saturated heterocycles. The second-order valence-electron chi connectivity index (χ2n) is 7.72. The molecule has 0 amide bonds. The Labute approximate surface area is 174 Å². The Morgan fingerprint density at radius 2 is 1.62 bits per heavy atom. The van der Waals surface area contributed by atoms with Crippen molar-refractivity contribution in [1.82, 2.24) is 0 Å². The third kappa shape index (κ3) is 6.77. The van der Waals surface area contributed by atoms with E-state index in [0.717, 1.165) is 31.4 Å². The van der Waals surface area contributed by atoms with Crippen LogP contribution < -0.4 is 4.74 Å². The van der Waals surface area contributed by atoms with Crippen molar-refractivity contribution in [3.63, 3.8) is 0 Å². The molecule has 0 aromatic heterocycles. The summed E-state index contributed by atoms with van der Waals surface area (Å²) >= 11 is 0. The number of allylic oxidation sites excluding steroid dienone is 1. The van der Waals surface area contributed by atoms with Crippen molar-refractivity contribution in [1.29, 1.82) is 0 Å². The van der Waals surface area contributed by atoms with Crippen molar-refractivity contribution in [3.8, 4) is 5.75 Å². The molecule has 0 N–H and O–H groups in total. The SMILES string of the molecule is COC(=O)CCCc1ccc(OCC2=C(c3ccccc3)CCCCCC2)cc1. The highest BCUT2D eigenvalue weighted by Gasteiger charge is 2.13. The Hall–Kier alpha value is -2.55. The fourth-order valence-electron chi connectivity index (χ4n) is 3.93. The molecule has 0 fully saturated rings. The molecular formula is C26H32O3. The second-order valence-corrected chi connectivity index (χ2v) is 7.72. The first-order valence-corrected chi connectivity index (χ1v) is 10.8. The lowest BCUT2D eigenvalue weighted by atomic mass is 9.89. The highest BCUT2D eigenvalue weighted by Crippen LogP contribution is 2.31. The molecule has 0 saturated carbocycles. The number of ether oxygens (including phenoxy) is 2. The minimum atomic E-state index is -0.147. The molecule has 3 rings (SSSR count). The van der Waals surface area contributed by atoms with Gasteiger partial charge in [0.2, 0.25) is 0 Å². The highest BCUT2D eigenvalue weighted by molar-refractivity contribution is 5.69. The second kappa shape index (κ2) is 11.5. The van der Waals surface area contributed by atoms with Gasteiger partial charge in [-0.2, -0.15) is 0 Å². The number of esters is 1. The zero-order chi connectivity index (χ0) is 20.3. The third-order valence-electron chi connectivity index (χ3n) is 5.61. The van der Waals surface area contributed by atoms with E-state index in [9.17, 15) is 4.79 Å². The molecule has 0 spiro atoms. The van der Waals surface area contributed by atoms with E-state index in [4.69, 9.17) is 9.47 Å². The molecule has 0 unspecified atom stereocenters. The van der Waals surface area contributed by atoms with Crippen molar-refractivity contribution in [3.05, 3.63) is 71.3 Å². The van der Waals surface area contributed by atoms with Gasteiger partial charge in [0.25, 0.3) is 0 Å². The summed E-state index contributed by atoms with van der Waals surface area (Å²) in [4.78, 5) is 11.2. The zero-order valence-corrected chi connectivity index (χ0v) is 17.5. The zero-order valence-electron chi connectivity index (χ0n) is 17.5. The minimum absolute atomic E-state index is 0.147. The van der Waals surface area contributed by atoms with Crippen molar-refractivity contribution in [2.45, 2.75) is 57.8 Å². The number of carbonyl (C=O) groups excluding carboxylic acids is 1. The Balaban J connectivity index is 1.62. The number of aryl methyl sites for hydroxylation is 1. The monoisotopic (exact) mass is 392 g/mol. The fourth-order valence-corrected chi connectivity index (χ4v) is 3.93. The van der Waals surface area contributed by atoms with E-state index >= 15 is 0 Å². The number of carbonyl (C=O) groups is 1. The molecule has 0 atom stereocenters. The number of hydrogen-bond donors (Lipinski definition) is 0. The normalized spacial score (nSPS) is 14.8. The van der Waals surface area contributed by atoms with Crippen LogP contribution in [0, 0.1) is 0 Å². The topological polar surface area (TPSA) is 35.5 Å². The summed E-state index contributed by atoms with van der Waals surface area (Å²) in [6.07, 6.45) is 9.54. The van der Waals surface area contributed by atoms with Gasteiger partial charge in [0, 0.05) is 6.42 Å². The molecule has 2 aromatic carbocycles. The van der Waals surface area contributed by atoms with E-state index in [1.165, 1.54) is 55.1 Å². The summed E-state index contributed by atoms with van der Waals surface area (Å²) in [5.41, 5.74) is 5.48. The predicted molar refractivity (Wildman–Crippen MR) is 118 cm³/mol. The highest BCUT2D eigenvalue weighted by atomic mass is 16.5. The van der Waals surface area contributed by atoms with Crippen molar-refractivity contribution in [2.24, 2.45) is 0 Å². The Morgan fingerprint density at radius 1 is 0.897 bits per heavy atom. The van der Waals surface area contributed by atoms with Crippen molar-refractivity contribution < 1.29 is 14.3 Å². The standard InChI is InChI=1S/C26H32O3/c1-28-26(27)15-9-10-21-16-18-24(19-17-21)29-20-23-13-5-2-3-8-14-25(23)22-11-6-4-7-12-22/h4,6-7,11-12,16-19H,2-3,5,8-10,13-15,20H2,1H3. The molecule has 1 aliphatic carbocycles. The molecule has 29 heavy (non-hydrogen) atoms. The molecule has 0 aliphatic heterocycles. The first kappa shape index (κ1) is 21.2. The Bertz CT molecular complexity index is 790. The molecule has 0 radical (unpaired) electrons. The van der Waals surface area contributed by atoms with E-state index in [1.807, 2.05) is 12.1 Å². The lowest BCUT2D eigenvalue weighted by molar-refractivity contribution is -0.140. The van der Waals surface area contributed by atoms with Gasteiger partial charge in [0.05, 0.1) is 7.11 Å². The van der Waals surface area contributed by atoms with Gasteiger partial charge in [0.1, 0.15) is 12.4 Å². The maximum absolute atomic E-state index is 11.2. The van der Waals surface area contributed by atoms with Gasteiger partial charge < -0.3 is 9.47 Å². The first-order valence-electron chi connectivity index (χ1n) is 10.8. The van der Waals surface area contributed by atoms with Crippen LogP contribution in [0.3, 0.4) is 0 Å². The molecule has 0 bridgehead atoms. The summed E-state index contributed by atoms with van der Waals surface area (Å²) in [7, 11) is 1.43. The van der Waals surface area contributed by atoms with Crippen LogP contribution in [0.2, 0.25) is 0 Å². The van der Waals surface area contributed by atoms with Crippen molar-refractivity contribution in [2.75, 3.05) is 13.7 Å². The average molecular weight is 393 g/mol. The molecule has 0 heterocycles. The largest absolute Gasteiger partial charge is 0.489 e. The molecule has 2 aromatic rings. The summed E-state index contributed by atoms with van der Waals surface area (Å²) in [6, 6.07) is 19.0. The van der Waals surface area contributed by atoms with Crippen molar-refractivity contribution >= 4 is 11.5 Å². The van der Waals surface area contributed by atoms with Gasteiger partial charge in [0.15, 0.2) is 0 Å². The van der Waals surface area contributed by atoms with Gasteiger partial charge in [-0.05, 0) is 72.9 Å². The predicted octanol–water partition coefficient (Wildman–Crippen LogP) is 6.37. The van der Waals surface area contributed by atoms with E-state index < -0.39 is 0 Å². The number of hydrogen-bond acceptors (Lipinski definition) is 3. The van der Waals surface area contributed by atoms with Gasteiger partial charge in [-0.15, -0.1) is 0 Å². The third-order valence-corrected chi connectivity index (χ3v) is 5.61. The van der Waals surface area contributed by atoms with E-state index in [1.54, 1.807) is 0 Å². The summed E-state index contributed by atoms with van der Waals surface area (Å²) in [5.74, 6) is 0.760. The maximum atomic E-state index is 11.2. The lowest BCUT2D eigenvalue weighted by Crippen LogP contribution is -2.07. The summed E-state index contributed by atoms with van der Waals surface area (Å²) < 4.78 is 10.9. The summed E-state index contributed by atoms with van der Waals surface area (Å²) in [6.45, 7) is 0.659. The number of methoxy groups -OCH3 is 1. The van der Waals surface area contributed by atoms with Crippen LogP contribution in [0.25, 0.3) is 5.57 Å². The molecular weight excluding hydrogens is 360 g/mol. The van der Waals surface area contributed by atoms with Crippen LogP contribution in [-0.2, 0) is 16.0 Å². The van der Waals surface area contributed by atoms with E-state index in [0.29, 0.717) is 13.0 Å². The van der Waals surface area contributed by atoms with Gasteiger partial charge in [-0.1, -0.05) is 55.3 Å². The van der Waals surface area contributed by atoms with E-state index in [2.05, 4.69) is 42.5 Å². The lowest BCUT2D eigenvalue weighted by Gasteiger charge is -2.19. The van der Waals surface area contributed by atoms with Crippen LogP contribution in [0.5, 0.6) is 5.75 Å². The molecule has 1 aliphatic rings. The fraction of sp³-hybridized carbons (Fsp3) is 0.423. The Morgan fingerprint density at radius 3 is 2.34 bits per heavy atom. The van der Waals surface area contributed by atoms with Crippen LogP contribution in [0.1, 0.15) is 62.5 Å². The number of rotatable bonds is 8. The molecule has 3 nitrogen and oxygen atoms in total. The van der Waals surface area contributed by atoms with Gasteiger partial charge in [-0.25, -0.2) is 0 Å². The van der Waals surface area contributed by atoms with Crippen LogP contribution in [0.4, 0.5) is 0 Å². The summed E-state index contributed by atoms with van der Waals surface area (Å²) in [5, 5.41) is 0. The quantitative estimate of drug-likeness (QED) is 0.490. The molecule has 3 heteroatoms. The first-order chi connectivity index (χ1) is 14.3. The van der Waals surface area contributed by atoms with Gasteiger partial charge in [-0.3, -0.25) is 4.79 Å². The maximum Gasteiger partial charge on any atom is 0.305 e. The minimum Gasteiger partial charge on any atom is -0.489 e. The van der Waals surface area contributed by atoms with Crippen LogP contribution >= 0.6 is 0 Å². The number of benzene rings is 2. The smallest absolute Gasteiger partial charge is 0.305 e. The van der Waals surface area contributed by atoms with Gasteiger partial charge >= 0.3 is 5.97 Å². The van der Waals surface area contributed by atoms with Crippen LogP contribution in [-0.4, -0.2) is 19.7 Å². The molecule has 154 valence electrons.